The Bertz CT molecular complexity index is 2580. The zero-order chi connectivity index (χ0) is 36.1. The van der Waals surface area contributed by atoms with Crippen molar-refractivity contribution in [1.29, 1.82) is 0 Å². The number of anilines is 6. The standard InChI is InChI=1S/C49H39IN2S/c1-4-33-23-25-36(26-24-33)52(45-29-30-47(53-50)40-21-13-11-19-38(40)45)37-27-28-42-43(31-37)49(2,3)44-32-46(39-20-12-14-22-41(39)48(42)44)51(34-15-7-5-8-16-34)35-17-9-6-10-18-35/h5-32H,4H2,1-3H3. The summed E-state index contributed by atoms with van der Waals surface area (Å²) in [4.78, 5) is 6.15. The van der Waals surface area contributed by atoms with Crippen LogP contribution in [0.15, 0.2) is 175 Å². The van der Waals surface area contributed by atoms with Gasteiger partial charge < -0.3 is 9.80 Å². The molecule has 258 valence electrons. The van der Waals surface area contributed by atoms with Gasteiger partial charge in [0.05, 0.1) is 11.4 Å². The molecule has 9 rings (SSSR count). The second kappa shape index (κ2) is 13.7. The summed E-state index contributed by atoms with van der Waals surface area (Å²) in [5.41, 5.74) is 13.4. The number of halogens is 1. The quantitative estimate of drug-likeness (QED) is 0.141. The number of aryl methyl sites for hydroxylation is 1. The lowest BCUT2D eigenvalue weighted by molar-refractivity contribution is 0.661. The summed E-state index contributed by atoms with van der Waals surface area (Å²) in [5.74, 6) is 0. The molecule has 4 heteroatoms. The summed E-state index contributed by atoms with van der Waals surface area (Å²) in [6, 6.07) is 62.6. The highest BCUT2D eigenvalue weighted by atomic mass is 127. The van der Waals surface area contributed by atoms with Crippen LogP contribution in [0.3, 0.4) is 0 Å². The van der Waals surface area contributed by atoms with Gasteiger partial charge in [-0.2, -0.15) is 0 Å². The summed E-state index contributed by atoms with van der Waals surface area (Å²) >= 11 is 2.40. The molecule has 0 saturated heterocycles. The van der Waals surface area contributed by atoms with E-state index in [2.05, 4.69) is 222 Å². The molecule has 0 amide bonds. The SMILES string of the molecule is CCc1ccc(N(c2ccc3c(c2)C(C)(C)c2cc(N(c4ccccc4)c4ccccc4)c4ccccc4c2-3)c2ccc(SI)c3ccccc23)cc1. The Morgan fingerprint density at radius 3 is 1.64 bits per heavy atom. The summed E-state index contributed by atoms with van der Waals surface area (Å²) in [5, 5.41) is 5.04. The second-order valence-corrected chi connectivity index (χ2v) is 16.2. The number of nitrogens with zero attached hydrogens (tertiary/aromatic N) is 2. The van der Waals surface area contributed by atoms with Crippen LogP contribution in [0.5, 0.6) is 0 Å². The molecule has 0 heterocycles. The smallest absolute Gasteiger partial charge is 0.0543 e. The van der Waals surface area contributed by atoms with Gasteiger partial charge >= 0.3 is 0 Å². The topological polar surface area (TPSA) is 6.48 Å². The van der Waals surface area contributed by atoms with Gasteiger partial charge in [-0.05, 0) is 112 Å². The molecule has 8 aromatic rings. The van der Waals surface area contributed by atoms with E-state index >= 15 is 0 Å². The van der Waals surface area contributed by atoms with Crippen LogP contribution >= 0.6 is 30.1 Å². The molecule has 1 aliphatic carbocycles. The van der Waals surface area contributed by atoms with Crippen LogP contribution < -0.4 is 9.80 Å². The Labute approximate surface area is 328 Å². The average Bonchev–Trinajstić information content (AvgIpc) is 3.44. The van der Waals surface area contributed by atoms with Crippen molar-refractivity contribution >= 4 is 85.8 Å². The van der Waals surface area contributed by atoms with Gasteiger partial charge in [-0.25, -0.2) is 0 Å². The van der Waals surface area contributed by atoms with E-state index in [0.717, 1.165) is 29.2 Å². The number of hydrogen-bond acceptors (Lipinski definition) is 3. The predicted molar refractivity (Wildman–Crippen MR) is 238 cm³/mol. The molecule has 0 spiro atoms. The largest absolute Gasteiger partial charge is 0.310 e. The van der Waals surface area contributed by atoms with E-state index in [1.807, 2.05) is 0 Å². The zero-order valence-corrected chi connectivity index (χ0v) is 33.0. The van der Waals surface area contributed by atoms with Crippen molar-refractivity contribution in [3.63, 3.8) is 0 Å². The first-order valence-corrected chi connectivity index (χ1v) is 21.6. The van der Waals surface area contributed by atoms with Gasteiger partial charge in [0.1, 0.15) is 0 Å². The van der Waals surface area contributed by atoms with Gasteiger partial charge in [-0.1, -0.05) is 133 Å². The number of benzene rings is 8. The van der Waals surface area contributed by atoms with E-state index in [1.165, 1.54) is 65.6 Å². The van der Waals surface area contributed by atoms with Gasteiger partial charge in [0.25, 0.3) is 0 Å². The van der Waals surface area contributed by atoms with E-state index < -0.39 is 0 Å². The van der Waals surface area contributed by atoms with Crippen LogP contribution in [0.4, 0.5) is 34.1 Å². The molecule has 0 radical (unpaired) electrons. The molecule has 0 N–H and O–H groups in total. The fourth-order valence-corrected chi connectivity index (χ4v) is 9.82. The van der Waals surface area contributed by atoms with Crippen LogP contribution in [0.25, 0.3) is 32.7 Å². The molecule has 0 unspecified atom stereocenters. The highest BCUT2D eigenvalue weighted by Crippen LogP contribution is 2.56. The minimum absolute atomic E-state index is 0.250. The van der Waals surface area contributed by atoms with E-state index in [4.69, 9.17) is 0 Å². The molecule has 0 fully saturated rings. The van der Waals surface area contributed by atoms with Crippen molar-refractivity contribution in [1.82, 2.24) is 0 Å². The summed E-state index contributed by atoms with van der Waals surface area (Å²) in [6.45, 7) is 7.02. The first kappa shape index (κ1) is 33.8. The highest BCUT2D eigenvalue weighted by molar-refractivity contribution is 14.2. The van der Waals surface area contributed by atoms with Crippen molar-refractivity contribution < 1.29 is 0 Å². The van der Waals surface area contributed by atoms with Crippen molar-refractivity contribution in [2.45, 2.75) is 37.5 Å². The molecule has 0 aromatic heterocycles. The summed E-state index contributed by atoms with van der Waals surface area (Å²) in [7, 11) is 1.77. The minimum atomic E-state index is -0.250. The van der Waals surface area contributed by atoms with E-state index in [0.29, 0.717) is 0 Å². The molecule has 2 nitrogen and oxygen atoms in total. The van der Waals surface area contributed by atoms with E-state index in [1.54, 1.807) is 8.93 Å². The number of rotatable bonds is 8. The number of para-hydroxylation sites is 2. The summed E-state index contributed by atoms with van der Waals surface area (Å²) in [6.07, 6.45) is 1.01. The third-order valence-electron chi connectivity index (χ3n) is 11.0. The van der Waals surface area contributed by atoms with Crippen LogP contribution in [-0.2, 0) is 11.8 Å². The Morgan fingerprint density at radius 2 is 1.02 bits per heavy atom. The lowest BCUT2D eigenvalue weighted by Gasteiger charge is -2.30. The van der Waals surface area contributed by atoms with Gasteiger partial charge in [0.2, 0.25) is 0 Å². The maximum Gasteiger partial charge on any atom is 0.0543 e. The molecule has 0 bridgehead atoms. The third kappa shape index (κ3) is 5.71. The lowest BCUT2D eigenvalue weighted by atomic mass is 9.81. The minimum Gasteiger partial charge on any atom is -0.310 e. The molecule has 8 aromatic carbocycles. The first-order chi connectivity index (χ1) is 26.0. The van der Waals surface area contributed by atoms with Crippen molar-refractivity contribution in [2.24, 2.45) is 0 Å². The third-order valence-corrected chi connectivity index (χ3v) is 12.9. The Hall–Kier alpha value is -5.04. The maximum atomic E-state index is 2.46. The van der Waals surface area contributed by atoms with Crippen molar-refractivity contribution in [3.05, 3.63) is 187 Å². The molecule has 1 aliphatic rings. The second-order valence-electron chi connectivity index (χ2n) is 14.3. The van der Waals surface area contributed by atoms with Crippen molar-refractivity contribution in [2.75, 3.05) is 9.80 Å². The van der Waals surface area contributed by atoms with Gasteiger partial charge in [-0.3, -0.25) is 0 Å². The fraction of sp³-hybridized carbons (Fsp3) is 0.102. The zero-order valence-electron chi connectivity index (χ0n) is 30.1. The molecule has 0 aliphatic heterocycles. The highest BCUT2D eigenvalue weighted by Gasteiger charge is 2.38. The average molecular weight is 815 g/mol. The lowest BCUT2D eigenvalue weighted by Crippen LogP contribution is -2.18. The predicted octanol–water partition coefficient (Wildman–Crippen LogP) is 15.2. The van der Waals surface area contributed by atoms with Crippen LogP contribution in [-0.4, -0.2) is 0 Å². The van der Waals surface area contributed by atoms with Gasteiger partial charge in [0.15, 0.2) is 0 Å². The van der Waals surface area contributed by atoms with Gasteiger partial charge in [-0.15, -0.1) is 0 Å². The molecular formula is C49H39IN2S. The van der Waals surface area contributed by atoms with Gasteiger partial charge in [0, 0.05) is 65.0 Å². The molecular weight excluding hydrogens is 776 g/mol. The van der Waals surface area contributed by atoms with Crippen molar-refractivity contribution in [3.8, 4) is 11.1 Å². The normalized spacial score (nSPS) is 12.8. The monoisotopic (exact) mass is 814 g/mol. The molecule has 53 heavy (non-hydrogen) atoms. The fourth-order valence-electron chi connectivity index (χ4n) is 8.28. The van der Waals surface area contributed by atoms with Crippen LogP contribution in [0.2, 0.25) is 0 Å². The van der Waals surface area contributed by atoms with E-state index in [9.17, 15) is 0 Å². The van der Waals surface area contributed by atoms with Crippen LogP contribution in [0, 0.1) is 0 Å². The Morgan fingerprint density at radius 1 is 0.491 bits per heavy atom. The Kier molecular flexibility index (Phi) is 8.76. The van der Waals surface area contributed by atoms with E-state index in [-0.39, 0.29) is 5.41 Å². The Balaban J connectivity index is 1.26. The number of hydrogen-bond donors (Lipinski definition) is 0. The molecule has 0 saturated carbocycles. The van der Waals surface area contributed by atoms with Crippen LogP contribution in [0.1, 0.15) is 37.5 Å². The maximum absolute atomic E-state index is 2.46. The molecule has 0 atom stereocenters. The number of fused-ring (bicyclic) bond motifs is 6. The first-order valence-electron chi connectivity index (χ1n) is 18.3. The summed E-state index contributed by atoms with van der Waals surface area (Å²) < 4.78 is 0.